The van der Waals surface area contributed by atoms with Gasteiger partial charge in [-0.3, -0.25) is 0 Å². The van der Waals surface area contributed by atoms with E-state index in [1.54, 1.807) is 7.11 Å². The maximum Gasteiger partial charge on any atom is 0.381 e. The lowest BCUT2D eigenvalue weighted by Crippen LogP contribution is -2.32. The minimum atomic E-state index is -0.0881. The number of rotatable bonds is 10. The quantitative estimate of drug-likeness (QED) is 0.152. The molecule has 0 radical (unpaired) electrons. The van der Waals surface area contributed by atoms with Crippen molar-refractivity contribution >= 4 is 11.1 Å². The van der Waals surface area contributed by atoms with Crippen LogP contribution < -0.4 is 4.57 Å². The summed E-state index contributed by atoms with van der Waals surface area (Å²) in [6.45, 7) is 12.8. The van der Waals surface area contributed by atoms with Gasteiger partial charge in [-0.1, -0.05) is 64.0 Å². The van der Waals surface area contributed by atoms with Gasteiger partial charge in [0.15, 0.2) is 6.54 Å². The molecule has 2 aromatic carbocycles. The van der Waals surface area contributed by atoms with Crippen molar-refractivity contribution in [1.82, 2.24) is 0 Å². The summed E-state index contributed by atoms with van der Waals surface area (Å²) in [6, 6.07) is 13.8. The van der Waals surface area contributed by atoms with Crippen LogP contribution >= 0.6 is 0 Å². The molecule has 3 atom stereocenters. The molecule has 1 aliphatic heterocycles. The fraction of sp³-hybridized carbons (Fsp3) is 0.514. The molecular formula is C35H44NO3+. The fourth-order valence-corrected chi connectivity index (χ4v) is 7.32. The zero-order valence-corrected chi connectivity index (χ0v) is 24.6. The van der Waals surface area contributed by atoms with Crippen LogP contribution in [0.2, 0.25) is 0 Å². The van der Waals surface area contributed by atoms with E-state index in [0.717, 1.165) is 36.6 Å². The van der Waals surface area contributed by atoms with Crippen molar-refractivity contribution in [3.8, 4) is 11.5 Å². The molecule has 2 heterocycles. The SMILES string of the molecule is CCC1(c2ccc(C(C)C3(C)CCCC3)cc2-c2oc3cccc4c3[n+]2CC4)C=C1COC(C)=CC(C)OC. The van der Waals surface area contributed by atoms with Crippen LogP contribution in [0.1, 0.15) is 89.3 Å². The van der Waals surface area contributed by atoms with E-state index in [4.69, 9.17) is 13.9 Å². The van der Waals surface area contributed by atoms with E-state index < -0.39 is 0 Å². The van der Waals surface area contributed by atoms with Gasteiger partial charge in [-0.2, -0.15) is 4.57 Å². The average molecular weight is 527 g/mol. The van der Waals surface area contributed by atoms with Crippen molar-refractivity contribution in [2.75, 3.05) is 13.7 Å². The smallest absolute Gasteiger partial charge is 0.381 e. The van der Waals surface area contributed by atoms with Gasteiger partial charge in [0.2, 0.25) is 5.58 Å². The molecule has 39 heavy (non-hydrogen) atoms. The first kappa shape index (κ1) is 26.4. The molecule has 1 aromatic heterocycles. The zero-order chi connectivity index (χ0) is 27.4. The maximum atomic E-state index is 6.69. The number of para-hydroxylation sites is 1. The third-order valence-electron chi connectivity index (χ3n) is 10.2. The highest BCUT2D eigenvalue weighted by Gasteiger charge is 2.48. The largest absolute Gasteiger partial charge is 0.494 e. The first-order valence-corrected chi connectivity index (χ1v) is 14.9. The molecule has 4 heteroatoms. The normalized spacial score (nSPS) is 23.2. The van der Waals surface area contributed by atoms with Crippen molar-refractivity contribution < 1.29 is 18.5 Å². The summed E-state index contributed by atoms with van der Waals surface area (Å²) in [5.74, 6) is 2.42. The molecule has 206 valence electrons. The van der Waals surface area contributed by atoms with Gasteiger partial charge in [-0.05, 0) is 79.4 Å². The molecular weight excluding hydrogens is 482 g/mol. The summed E-state index contributed by atoms with van der Waals surface area (Å²) < 4.78 is 20.7. The number of hydrogen-bond acceptors (Lipinski definition) is 3. The van der Waals surface area contributed by atoms with Crippen molar-refractivity contribution in [2.24, 2.45) is 5.41 Å². The van der Waals surface area contributed by atoms with Crippen LogP contribution in [0.3, 0.4) is 0 Å². The Morgan fingerprint density at radius 2 is 1.95 bits per heavy atom. The molecule has 4 nitrogen and oxygen atoms in total. The summed E-state index contributed by atoms with van der Waals surface area (Å²) in [4.78, 5) is 0. The Morgan fingerprint density at radius 1 is 1.15 bits per heavy atom. The van der Waals surface area contributed by atoms with Gasteiger partial charge in [0, 0.05) is 24.5 Å². The van der Waals surface area contributed by atoms with Crippen molar-refractivity contribution in [2.45, 2.75) is 97.1 Å². The van der Waals surface area contributed by atoms with Crippen LogP contribution in [0.4, 0.5) is 0 Å². The number of aromatic nitrogens is 1. The van der Waals surface area contributed by atoms with Crippen LogP contribution in [0.25, 0.3) is 22.6 Å². The Balaban J connectivity index is 1.40. The average Bonchev–Trinajstić information content (AvgIpc) is 3.27. The molecule has 0 bridgehead atoms. The lowest BCUT2D eigenvalue weighted by atomic mass is 9.72. The lowest BCUT2D eigenvalue weighted by Gasteiger charge is -2.32. The number of oxazole rings is 1. The number of benzene rings is 2. The van der Waals surface area contributed by atoms with E-state index in [2.05, 4.69) is 67.8 Å². The maximum absolute atomic E-state index is 6.69. The Morgan fingerprint density at radius 3 is 2.69 bits per heavy atom. The zero-order valence-electron chi connectivity index (χ0n) is 24.6. The van der Waals surface area contributed by atoms with E-state index in [9.17, 15) is 0 Å². The molecule has 0 N–H and O–H groups in total. The first-order valence-electron chi connectivity index (χ1n) is 14.9. The van der Waals surface area contributed by atoms with Crippen LogP contribution in [0, 0.1) is 5.41 Å². The highest BCUT2D eigenvalue weighted by atomic mass is 16.5. The molecule has 0 amide bonds. The number of hydrogen-bond donors (Lipinski definition) is 0. The third kappa shape index (κ3) is 4.45. The monoisotopic (exact) mass is 526 g/mol. The van der Waals surface area contributed by atoms with Gasteiger partial charge >= 0.3 is 5.89 Å². The molecule has 3 aromatic rings. The highest BCUT2D eigenvalue weighted by molar-refractivity contribution is 5.78. The Bertz CT molecular complexity index is 1450. The van der Waals surface area contributed by atoms with Gasteiger partial charge < -0.3 is 13.9 Å². The van der Waals surface area contributed by atoms with E-state index in [1.165, 1.54) is 59.0 Å². The molecule has 2 aliphatic carbocycles. The molecule has 0 spiro atoms. The molecule has 1 saturated carbocycles. The minimum absolute atomic E-state index is 0.0416. The second-order valence-corrected chi connectivity index (χ2v) is 12.5. The number of nitrogens with zero attached hydrogens (tertiary/aromatic N) is 1. The second-order valence-electron chi connectivity index (χ2n) is 12.5. The molecule has 1 fully saturated rings. The fourth-order valence-electron chi connectivity index (χ4n) is 7.32. The van der Waals surface area contributed by atoms with Gasteiger partial charge in [-0.25, -0.2) is 0 Å². The van der Waals surface area contributed by atoms with Crippen molar-refractivity contribution in [3.63, 3.8) is 0 Å². The van der Waals surface area contributed by atoms with Crippen LogP contribution in [-0.4, -0.2) is 19.8 Å². The molecule has 6 rings (SSSR count). The molecule has 0 saturated heterocycles. The van der Waals surface area contributed by atoms with E-state index >= 15 is 0 Å². The van der Waals surface area contributed by atoms with E-state index in [1.807, 2.05) is 19.9 Å². The molecule has 3 unspecified atom stereocenters. The standard InChI is InChI=1S/C35H44NO3/c1-7-35(21-28(35)22-38-24(3)19-23(2)37-6)30-14-13-27(25(4)34(5)16-8-9-17-34)20-29(30)33-36-18-15-26-11-10-12-31(39-33)32(26)36/h10-14,19-21,23,25H,7-9,15-18,22H2,1-6H3/q+1. The van der Waals surface area contributed by atoms with Crippen molar-refractivity contribution in [1.29, 1.82) is 0 Å². The predicted molar refractivity (Wildman–Crippen MR) is 157 cm³/mol. The summed E-state index contributed by atoms with van der Waals surface area (Å²) >= 11 is 0. The number of aryl methyl sites for hydroxylation is 2. The Kier molecular flexibility index (Phi) is 6.74. The van der Waals surface area contributed by atoms with E-state index in [0.29, 0.717) is 17.9 Å². The summed E-state index contributed by atoms with van der Waals surface area (Å²) in [5.41, 5.74) is 9.32. The number of ether oxygens (including phenoxy) is 2. The van der Waals surface area contributed by atoms with Crippen molar-refractivity contribution in [3.05, 3.63) is 76.6 Å². The lowest BCUT2D eigenvalue weighted by molar-refractivity contribution is -0.657. The Hall–Kier alpha value is -2.85. The summed E-state index contributed by atoms with van der Waals surface area (Å²) in [5, 5.41) is 0. The van der Waals surface area contributed by atoms with Gasteiger partial charge in [0.1, 0.15) is 6.61 Å². The number of methoxy groups -OCH3 is 1. The van der Waals surface area contributed by atoms with Gasteiger partial charge in [0.05, 0.1) is 17.4 Å². The van der Waals surface area contributed by atoms with Crippen LogP contribution in [0.15, 0.2) is 64.3 Å². The van der Waals surface area contributed by atoms with Gasteiger partial charge in [-0.15, -0.1) is 0 Å². The summed E-state index contributed by atoms with van der Waals surface area (Å²) in [7, 11) is 1.73. The number of allylic oxidation sites excluding steroid dienone is 2. The predicted octanol–water partition coefficient (Wildman–Crippen LogP) is 8.17. The molecule has 3 aliphatic rings. The van der Waals surface area contributed by atoms with Crippen LogP contribution in [0.5, 0.6) is 0 Å². The Labute approximate surface area is 233 Å². The third-order valence-corrected chi connectivity index (χ3v) is 10.2. The van der Waals surface area contributed by atoms with Crippen LogP contribution in [-0.2, 0) is 27.9 Å². The topological polar surface area (TPSA) is 35.5 Å². The minimum Gasteiger partial charge on any atom is -0.494 e. The second kappa shape index (κ2) is 9.96. The van der Waals surface area contributed by atoms with E-state index in [-0.39, 0.29) is 11.5 Å². The summed E-state index contributed by atoms with van der Waals surface area (Å²) in [6.07, 6.45) is 11.9. The first-order chi connectivity index (χ1) is 18.8. The van der Waals surface area contributed by atoms with Gasteiger partial charge in [0.25, 0.3) is 5.52 Å². The highest BCUT2D eigenvalue weighted by Crippen LogP contribution is 2.54.